The zero-order chi connectivity index (χ0) is 18.5. The Bertz CT molecular complexity index is 761. The second-order valence-corrected chi connectivity index (χ2v) is 7.36. The van der Waals surface area contributed by atoms with E-state index in [1.807, 2.05) is 30.0 Å². The Morgan fingerprint density at radius 2 is 2.12 bits per heavy atom. The van der Waals surface area contributed by atoms with Crippen LogP contribution in [0, 0.1) is 12.8 Å². The van der Waals surface area contributed by atoms with Crippen molar-refractivity contribution in [1.82, 2.24) is 19.9 Å². The van der Waals surface area contributed by atoms with Crippen LogP contribution >= 0.6 is 0 Å². The molecule has 6 nitrogen and oxygen atoms in total. The zero-order valence-electron chi connectivity index (χ0n) is 15.8. The first-order valence-electron chi connectivity index (χ1n) is 9.32. The highest BCUT2D eigenvalue weighted by molar-refractivity contribution is 5.76. The third-order valence-electron chi connectivity index (χ3n) is 4.61. The Morgan fingerprint density at radius 3 is 2.88 bits per heavy atom. The van der Waals surface area contributed by atoms with E-state index in [1.54, 1.807) is 12.4 Å². The molecular weight excluding hydrogens is 326 g/mol. The summed E-state index contributed by atoms with van der Waals surface area (Å²) in [4.78, 5) is 28.0. The first-order chi connectivity index (χ1) is 12.5. The van der Waals surface area contributed by atoms with Gasteiger partial charge in [-0.1, -0.05) is 19.9 Å². The van der Waals surface area contributed by atoms with Gasteiger partial charge in [0.2, 0.25) is 5.91 Å². The number of pyridine rings is 1. The zero-order valence-corrected chi connectivity index (χ0v) is 15.8. The number of nitrogens with one attached hydrogen (secondary N) is 1. The van der Waals surface area contributed by atoms with Crippen molar-refractivity contribution in [1.29, 1.82) is 0 Å². The number of carbonyl (C=O) groups is 1. The fourth-order valence-corrected chi connectivity index (χ4v) is 3.38. The predicted molar refractivity (Wildman–Crippen MR) is 102 cm³/mol. The summed E-state index contributed by atoms with van der Waals surface area (Å²) in [6, 6.07) is 5.85. The standard InChI is InChI=1S/C20H27N5O/c1-14(2)12-18(26)25-11-5-7-16(13-25)19-20(22-10-9-21-19)24-17-8-4-6-15(3)23-17/h4,6,8-10,14,16H,5,7,11-13H2,1-3H3,(H,22,23,24). The number of hydrogen-bond acceptors (Lipinski definition) is 5. The molecule has 1 amide bonds. The monoisotopic (exact) mass is 353 g/mol. The molecule has 1 N–H and O–H groups in total. The Balaban J connectivity index is 1.77. The van der Waals surface area contributed by atoms with Gasteiger partial charge in [0.05, 0.1) is 5.69 Å². The molecule has 0 bridgehead atoms. The van der Waals surface area contributed by atoms with E-state index in [0.29, 0.717) is 18.9 Å². The van der Waals surface area contributed by atoms with Gasteiger partial charge < -0.3 is 10.2 Å². The molecule has 1 aliphatic heterocycles. The SMILES string of the molecule is Cc1cccc(Nc2nccnc2C2CCCN(C(=O)CC(C)C)C2)n1. The number of likely N-dealkylation sites (tertiary alicyclic amines) is 1. The van der Waals surface area contributed by atoms with Gasteiger partial charge >= 0.3 is 0 Å². The lowest BCUT2D eigenvalue weighted by molar-refractivity contribution is -0.133. The van der Waals surface area contributed by atoms with E-state index in [-0.39, 0.29) is 11.8 Å². The highest BCUT2D eigenvalue weighted by atomic mass is 16.2. The van der Waals surface area contributed by atoms with Crippen LogP contribution < -0.4 is 5.32 Å². The maximum Gasteiger partial charge on any atom is 0.222 e. The largest absolute Gasteiger partial charge is 0.342 e. The van der Waals surface area contributed by atoms with Crippen LogP contribution in [0.4, 0.5) is 11.6 Å². The van der Waals surface area contributed by atoms with Crippen LogP contribution in [0.15, 0.2) is 30.6 Å². The minimum absolute atomic E-state index is 0.195. The first kappa shape index (κ1) is 18.3. The van der Waals surface area contributed by atoms with Crippen LogP contribution in [0.3, 0.4) is 0 Å². The number of hydrogen-bond donors (Lipinski definition) is 1. The Kier molecular flexibility index (Phi) is 5.81. The van der Waals surface area contributed by atoms with Gasteiger partial charge in [0.15, 0.2) is 5.82 Å². The highest BCUT2D eigenvalue weighted by Gasteiger charge is 2.28. The van der Waals surface area contributed by atoms with Crippen LogP contribution in [0.1, 0.15) is 50.4 Å². The van der Waals surface area contributed by atoms with Crippen LogP contribution in [0.25, 0.3) is 0 Å². The van der Waals surface area contributed by atoms with Crippen LogP contribution in [0.2, 0.25) is 0 Å². The van der Waals surface area contributed by atoms with Crippen molar-refractivity contribution in [3.8, 4) is 0 Å². The number of aromatic nitrogens is 3. The molecule has 1 atom stereocenters. The van der Waals surface area contributed by atoms with Gasteiger partial charge in [-0.3, -0.25) is 9.78 Å². The number of amides is 1. The predicted octanol–water partition coefficient (Wildman–Crippen LogP) is 3.68. The molecule has 0 aromatic carbocycles. The van der Waals surface area contributed by atoms with Crippen LogP contribution in [-0.4, -0.2) is 38.8 Å². The third kappa shape index (κ3) is 4.56. The molecule has 1 fully saturated rings. The number of piperidine rings is 1. The molecule has 0 spiro atoms. The van der Waals surface area contributed by atoms with Gasteiger partial charge in [0.1, 0.15) is 5.82 Å². The fourth-order valence-electron chi connectivity index (χ4n) is 3.38. The van der Waals surface area contributed by atoms with E-state index >= 15 is 0 Å². The number of rotatable bonds is 5. The summed E-state index contributed by atoms with van der Waals surface area (Å²) in [5, 5.41) is 3.30. The summed E-state index contributed by atoms with van der Waals surface area (Å²) < 4.78 is 0. The van der Waals surface area contributed by atoms with Crippen molar-refractivity contribution in [2.24, 2.45) is 5.92 Å². The summed E-state index contributed by atoms with van der Waals surface area (Å²) in [6.45, 7) is 7.67. The summed E-state index contributed by atoms with van der Waals surface area (Å²) >= 11 is 0. The molecule has 0 saturated carbocycles. The van der Waals surface area contributed by atoms with Gasteiger partial charge in [-0.2, -0.15) is 0 Å². The molecule has 1 aliphatic rings. The van der Waals surface area contributed by atoms with Crippen molar-refractivity contribution < 1.29 is 4.79 Å². The van der Waals surface area contributed by atoms with Crippen molar-refractivity contribution in [2.45, 2.75) is 46.0 Å². The maximum atomic E-state index is 12.5. The molecule has 3 heterocycles. The second kappa shape index (κ2) is 8.25. The van der Waals surface area contributed by atoms with Gasteiger partial charge in [0, 0.05) is 43.5 Å². The number of aryl methyl sites for hydroxylation is 1. The smallest absolute Gasteiger partial charge is 0.222 e. The number of carbonyl (C=O) groups excluding carboxylic acids is 1. The molecule has 1 unspecified atom stereocenters. The lowest BCUT2D eigenvalue weighted by Crippen LogP contribution is -2.39. The van der Waals surface area contributed by atoms with Crippen LogP contribution in [-0.2, 0) is 4.79 Å². The molecule has 26 heavy (non-hydrogen) atoms. The summed E-state index contributed by atoms with van der Waals surface area (Å²) in [7, 11) is 0. The Labute approximate surface area is 155 Å². The first-order valence-corrected chi connectivity index (χ1v) is 9.32. The quantitative estimate of drug-likeness (QED) is 0.888. The van der Waals surface area contributed by atoms with E-state index in [1.165, 1.54) is 0 Å². The highest BCUT2D eigenvalue weighted by Crippen LogP contribution is 2.30. The van der Waals surface area contributed by atoms with Crippen molar-refractivity contribution in [2.75, 3.05) is 18.4 Å². The van der Waals surface area contributed by atoms with Gasteiger partial charge in [-0.15, -0.1) is 0 Å². The molecule has 2 aromatic heterocycles. The van der Waals surface area contributed by atoms with Gasteiger partial charge in [-0.25, -0.2) is 9.97 Å². The molecule has 3 rings (SSSR count). The average molecular weight is 353 g/mol. The van der Waals surface area contributed by atoms with Crippen molar-refractivity contribution in [3.05, 3.63) is 42.0 Å². The number of anilines is 2. The van der Waals surface area contributed by atoms with Crippen molar-refractivity contribution >= 4 is 17.5 Å². The fraction of sp³-hybridized carbons (Fsp3) is 0.500. The van der Waals surface area contributed by atoms with Gasteiger partial charge in [-0.05, 0) is 37.8 Å². The van der Waals surface area contributed by atoms with E-state index in [4.69, 9.17) is 0 Å². The molecular formula is C20H27N5O. The van der Waals surface area contributed by atoms with Crippen molar-refractivity contribution in [3.63, 3.8) is 0 Å². The van der Waals surface area contributed by atoms with E-state index in [9.17, 15) is 4.79 Å². The molecule has 0 aliphatic carbocycles. The maximum absolute atomic E-state index is 12.5. The van der Waals surface area contributed by atoms with Crippen LogP contribution in [0.5, 0.6) is 0 Å². The molecule has 6 heteroatoms. The molecule has 2 aromatic rings. The third-order valence-corrected chi connectivity index (χ3v) is 4.61. The lowest BCUT2D eigenvalue weighted by atomic mass is 9.93. The normalized spacial score (nSPS) is 17.4. The Hall–Kier alpha value is -2.50. The summed E-state index contributed by atoms with van der Waals surface area (Å²) in [5.74, 6) is 2.30. The molecule has 0 radical (unpaired) electrons. The number of nitrogens with zero attached hydrogens (tertiary/aromatic N) is 4. The summed E-state index contributed by atoms with van der Waals surface area (Å²) in [6.07, 6.45) is 6.02. The molecule has 1 saturated heterocycles. The second-order valence-electron chi connectivity index (χ2n) is 7.36. The minimum Gasteiger partial charge on any atom is -0.342 e. The minimum atomic E-state index is 0.195. The average Bonchev–Trinajstić information content (AvgIpc) is 2.62. The van der Waals surface area contributed by atoms with Gasteiger partial charge in [0.25, 0.3) is 0 Å². The lowest BCUT2D eigenvalue weighted by Gasteiger charge is -2.33. The summed E-state index contributed by atoms with van der Waals surface area (Å²) in [5.41, 5.74) is 1.86. The van der Waals surface area contributed by atoms with E-state index < -0.39 is 0 Å². The van der Waals surface area contributed by atoms with E-state index in [0.717, 1.165) is 42.4 Å². The topological polar surface area (TPSA) is 71.0 Å². The Morgan fingerprint density at radius 1 is 1.31 bits per heavy atom. The molecule has 138 valence electrons. The van der Waals surface area contributed by atoms with E-state index in [2.05, 4.69) is 34.1 Å².